The lowest BCUT2D eigenvalue weighted by Gasteiger charge is -2.11. The Morgan fingerprint density at radius 1 is 1.50 bits per heavy atom. The molecular formula is C12H17N3O5. The smallest absolute Gasteiger partial charge is 0.307 e. The minimum Gasteiger partial charge on any atom is -0.469 e. The van der Waals surface area contributed by atoms with Gasteiger partial charge in [0.1, 0.15) is 5.69 Å². The lowest BCUT2D eigenvalue weighted by molar-refractivity contribution is -0.384. The molecule has 0 radical (unpaired) electrons. The van der Waals surface area contributed by atoms with Gasteiger partial charge in [-0.25, -0.2) is 0 Å². The Labute approximate surface area is 115 Å². The maximum absolute atomic E-state index is 12.0. The van der Waals surface area contributed by atoms with Crippen LogP contribution in [0.4, 0.5) is 5.69 Å². The molecule has 0 atom stereocenters. The second kappa shape index (κ2) is 6.69. The molecule has 8 nitrogen and oxygen atoms in total. The molecule has 0 aromatic carbocycles. The molecule has 1 N–H and O–H groups in total. The van der Waals surface area contributed by atoms with E-state index in [9.17, 15) is 19.7 Å². The van der Waals surface area contributed by atoms with Crippen LogP contribution in [0, 0.1) is 10.1 Å². The Balaban J connectivity index is 2.81. The zero-order valence-corrected chi connectivity index (χ0v) is 11.6. The van der Waals surface area contributed by atoms with E-state index in [0.29, 0.717) is 0 Å². The van der Waals surface area contributed by atoms with Crippen LogP contribution in [0.15, 0.2) is 12.3 Å². The third-order valence-corrected chi connectivity index (χ3v) is 2.68. The SMILES string of the molecule is COC(=O)CCNC(=O)c1cc([N+](=O)[O-])cn1C(C)C. The van der Waals surface area contributed by atoms with E-state index < -0.39 is 16.8 Å². The molecule has 0 saturated carbocycles. The number of methoxy groups -OCH3 is 1. The number of esters is 1. The van der Waals surface area contributed by atoms with E-state index in [1.165, 1.54) is 23.9 Å². The highest BCUT2D eigenvalue weighted by molar-refractivity contribution is 5.93. The summed E-state index contributed by atoms with van der Waals surface area (Å²) in [7, 11) is 1.26. The van der Waals surface area contributed by atoms with Crippen molar-refractivity contribution < 1.29 is 19.2 Å². The van der Waals surface area contributed by atoms with Gasteiger partial charge in [0.2, 0.25) is 0 Å². The van der Waals surface area contributed by atoms with E-state index in [1.807, 2.05) is 13.8 Å². The molecule has 0 aliphatic rings. The number of ether oxygens (including phenoxy) is 1. The summed E-state index contributed by atoms with van der Waals surface area (Å²) in [5.74, 6) is -0.897. The summed E-state index contributed by atoms with van der Waals surface area (Å²) >= 11 is 0. The van der Waals surface area contributed by atoms with Gasteiger partial charge < -0.3 is 14.6 Å². The number of nitrogens with one attached hydrogen (secondary N) is 1. The van der Waals surface area contributed by atoms with Crippen molar-refractivity contribution in [2.75, 3.05) is 13.7 Å². The van der Waals surface area contributed by atoms with Crippen LogP contribution in [0.2, 0.25) is 0 Å². The van der Waals surface area contributed by atoms with Gasteiger partial charge in [-0.3, -0.25) is 19.7 Å². The first-order chi connectivity index (χ1) is 9.36. The largest absolute Gasteiger partial charge is 0.469 e. The van der Waals surface area contributed by atoms with Crippen LogP contribution >= 0.6 is 0 Å². The molecule has 0 saturated heterocycles. The van der Waals surface area contributed by atoms with Crippen LogP contribution in [0.5, 0.6) is 0 Å². The normalized spacial score (nSPS) is 10.4. The summed E-state index contributed by atoms with van der Waals surface area (Å²) in [5, 5.41) is 13.3. The van der Waals surface area contributed by atoms with Crippen molar-refractivity contribution in [3.63, 3.8) is 0 Å². The molecule has 1 aromatic rings. The van der Waals surface area contributed by atoms with Crippen molar-refractivity contribution in [2.45, 2.75) is 26.3 Å². The fourth-order valence-electron chi connectivity index (χ4n) is 1.64. The molecule has 110 valence electrons. The monoisotopic (exact) mass is 283 g/mol. The number of nitro groups is 1. The van der Waals surface area contributed by atoms with Gasteiger partial charge in [0.25, 0.3) is 11.6 Å². The molecular weight excluding hydrogens is 266 g/mol. The fraction of sp³-hybridized carbons (Fsp3) is 0.500. The fourth-order valence-corrected chi connectivity index (χ4v) is 1.64. The molecule has 0 aliphatic carbocycles. The zero-order chi connectivity index (χ0) is 15.3. The van der Waals surface area contributed by atoms with Gasteiger partial charge >= 0.3 is 5.97 Å². The Morgan fingerprint density at radius 2 is 2.15 bits per heavy atom. The summed E-state index contributed by atoms with van der Waals surface area (Å²) in [4.78, 5) is 33.1. The molecule has 1 rings (SSSR count). The van der Waals surface area contributed by atoms with Crippen LogP contribution in [0.1, 0.15) is 36.8 Å². The Kier molecular flexibility index (Phi) is 5.24. The van der Waals surface area contributed by atoms with Crippen LogP contribution in [-0.4, -0.2) is 35.0 Å². The van der Waals surface area contributed by atoms with Gasteiger partial charge in [-0.2, -0.15) is 0 Å². The zero-order valence-electron chi connectivity index (χ0n) is 11.6. The molecule has 0 bridgehead atoms. The highest BCUT2D eigenvalue weighted by atomic mass is 16.6. The van der Waals surface area contributed by atoms with Crippen LogP contribution in [0.3, 0.4) is 0 Å². The molecule has 0 fully saturated rings. The number of amides is 1. The first kappa shape index (κ1) is 15.7. The predicted molar refractivity (Wildman–Crippen MR) is 70.4 cm³/mol. The molecule has 20 heavy (non-hydrogen) atoms. The first-order valence-corrected chi connectivity index (χ1v) is 6.08. The van der Waals surface area contributed by atoms with Crippen LogP contribution in [-0.2, 0) is 9.53 Å². The second-order valence-electron chi connectivity index (χ2n) is 4.42. The van der Waals surface area contributed by atoms with E-state index in [2.05, 4.69) is 10.1 Å². The summed E-state index contributed by atoms with van der Waals surface area (Å²) < 4.78 is 5.97. The average Bonchev–Trinajstić information content (AvgIpc) is 2.83. The molecule has 1 aromatic heterocycles. The molecule has 8 heteroatoms. The first-order valence-electron chi connectivity index (χ1n) is 6.08. The van der Waals surface area contributed by atoms with Gasteiger partial charge in [-0.15, -0.1) is 0 Å². The molecule has 1 heterocycles. The van der Waals surface area contributed by atoms with Crippen molar-refractivity contribution >= 4 is 17.6 Å². The highest BCUT2D eigenvalue weighted by Gasteiger charge is 2.20. The Morgan fingerprint density at radius 3 is 2.65 bits per heavy atom. The minimum absolute atomic E-state index is 0.0483. The van der Waals surface area contributed by atoms with Gasteiger partial charge in [0, 0.05) is 18.7 Å². The third kappa shape index (κ3) is 3.81. The number of rotatable bonds is 6. The average molecular weight is 283 g/mol. The number of nitrogens with zero attached hydrogens (tertiary/aromatic N) is 2. The van der Waals surface area contributed by atoms with Gasteiger partial charge in [0.15, 0.2) is 0 Å². The summed E-state index contributed by atoms with van der Waals surface area (Å²) in [5.41, 5.74) is 0.0494. The molecule has 0 spiro atoms. The second-order valence-corrected chi connectivity index (χ2v) is 4.42. The summed E-state index contributed by atoms with van der Waals surface area (Å²) in [6, 6.07) is 1.12. The number of hydrogen-bond acceptors (Lipinski definition) is 5. The lowest BCUT2D eigenvalue weighted by Crippen LogP contribution is -2.28. The standard InChI is InChI=1S/C12H17N3O5/c1-8(2)14-7-9(15(18)19)6-10(14)12(17)13-5-4-11(16)20-3/h6-8H,4-5H2,1-3H3,(H,13,17). The summed E-state index contributed by atoms with van der Waals surface area (Å²) in [6.45, 7) is 3.74. The van der Waals surface area contributed by atoms with Crippen molar-refractivity contribution in [3.05, 3.63) is 28.1 Å². The Bertz CT molecular complexity index is 521. The van der Waals surface area contributed by atoms with Crippen molar-refractivity contribution in [3.8, 4) is 0 Å². The van der Waals surface area contributed by atoms with Crippen LogP contribution in [0.25, 0.3) is 0 Å². The predicted octanol–water partition coefficient (Wildman–Crippen LogP) is 1.27. The summed E-state index contributed by atoms with van der Waals surface area (Å²) in [6.07, 6.45) is 1.37. The van der Waals surface area contributed by atoms with Gasteiger partial charge in [-0.05, 0) is 13.8 Å². The number of hydrogen-bond donors (Lipinski definition) is 1. The molecule has 1 amide bonds. The Hall–Kier alpha value is -2.38. The number of carbonyl (C=O) groups is 2. The number of aromatic nitrogens is 1. The van der Waals surface area contributed by atoms with E-state index in [-0.39, 0.29) is 30.4 Å². The molecule has 0 aliphatic heterocycles. The maximum Gasteiger partial charge on any atom is 0.307 e. The van der Waals surface area contributed by atoms with E-state index in [1.54, 1.807) is 0 Å². The van der Waals surface area contributed by atoms with E-state index >= 15 is 0 Å². The topological polar surface area (TPSA) is 103 Å². The maximum atomic E-state index is 12.0. The quantitative estimate of drug-likeness (QED) is 0.481. The van der Waals surface area contributed by atoms with Gasteiger partial charge in [0.05, 0.1) is 24.7 Å². The van der Waals surface area contributed by atoms with Crippen LogP contribution < -0.4 is 5.32 Å². The number of carbonyl (C=O) groups excluding carboxylic acids is 2. The van der Waals surface area contributed by atoms with E-state index in [0.717, 1.165) is 0 Å². The third-order valence-electron chi connectivity index (χ3n) is 2.68. The van der Waals surface area contributed by atoms with Crippen molar-refractivity contribution in [1.29, 1.82) is 0 Å². The van der Waals surface area contributed by atoms with Crippen molar-refractivity contribution in [2.24, 2.45) is 0 Å². The van der Waals surface area contributed by atoms with Gasteiger partial charge in [-0.1, -0.05) is 0 Å². The van der Waals surface area contributed by atoms with Crippen molar-refractivity contribution in [1.82, 2.24) is 9.88 Å². The molecule has 0 unspecified atom stereocenters. The minimum atomic E-state index is -0.551. The highest BCUT2D eigenvalue weighted by Crippen LogP contribution is 2.20. The van der Waals surface area contributed by atoms with E-state index in [4.69, 9.17) is 0 Å². The lowest BCUT2D eigenvalue weighted by atomic mass is 10.3.